The summed E-state index contributed by atoms with van der Waals surface area (Å²) in [5.41, 5.74) is 8.08. The highest BCUT2D eigenvalue weighted by atomic mass is 79.9. The van der Waals surface area contributed by atoms with Crippen molar-refractivity contribution < 1.29 is 0 Å². The Morgan fingerprint density at radius 2 is 2.00 bits per heavy atom. The lowest BCUT2D eigenvalue weighted by molar-refractivity contribution is 0.705. The number of benzene rings is 1. The minimum atomic E-state index is 0.592. The summed E-state index contributed by atoms with van der Waals surface area (Å²) < 4.78 is 1.10. The molecule has 3 heteroatoms. The van der Waals surface area contributed by atoms with Crippen molar-refractivity contribution in [3.8, 4) is 0 Å². The zero-order valence-electron chi connectivity index (χ0n) is 10.2. The molecule has 2 nitrogen and oxygen atoms in total. The van der Waals surface area contributed by atoms with Crippen molar-refractivity contribution >= 4 is 21.6 Å². The number of rotatable bonds is 6. The van der Waals surface area contributed by atoms with Crippen LogP contribution in [0, 0.1) is 0 Å². The Morgan fingerprint density at radius 3 is 2.62 bits per heavy atom. The van der Waals surface area contributed by atoms with E-state index in [-0.39, 0.29) is 0 Å². The molecule has 1 rings (SSSR count). The van der Waals surface area contributed by atoms with Gasteiger partial charge in [-0.1, -0.05) is 35.7 Å². The van der Waals surface area contributed by atoms with E-state index in [9.17, 15) is 0 Å². The maximum atomic E-state index is 5.67. The van der Waals surface area contributed by atoms with Gasteiger partial charge in [-0.3, -0.25) is 0 Å². The van der Waals surface area contributed by atoms with Crippen LogP contribution in [0.2, 0.25) is 0 Å². The number of nitrogens with two attached hydrogens (primary N) is 1. The number of hydrogen-bond acceptors (Lipinski definition) is 2. The SMILES string of the molecule is CCCCCN(C)c1cc(Br)cc(CN)c1. The quantitative estimate of drug-likeness (QED) is 0.810. The summed E-state index contributed by atoms with van der Waals surface area (Å²) in [4.78, 5) is 2.29. The van der Waals surface area contributed by atoms with Crippen molar-refractivity contribution in [2.24, 2.45) is 5.73 Å². The normalized spacial score (nSPS) is 10.5. The van der Waals surface area contributed by atoms with E-state index >= 15 is 0 Å². The standard InChI is InChI=1S/C13H21BrN2/c1-3-4-5-6-16(2)13-8-11(10-15)7-12(14)9-13/h7-9H,3-6,10,15H2,1-2H3. The summed E-state index contributed by atoms with van der Waals surface area (Å²) in [6.45, 7) is 3.93. The largest absolute Gasteiger partial charge is 0.375 e. The maximum Gasteiger partial charge on any atom is 0.0378 e. The Kier molecular flexibility index (Phi) is 5.85. The lowest BCUT2D eigenvalue weighted by Gasteiger charge is -2.20. The van der Waals surface area contributed by atoms with Crippen LogP contribution in [0.15, 0.2) is 22.7 Å². The lowest BCUT2D eigenvalue weighted by Crippen LogP contribution is -2.18. The second-order valence-corrected chi connectivity index (χ2v) is 5.07. The van der Waals surface area contributed by atoms with Gasteiger partial charge in [0.15, 0.2) is 0 Å². The summed E-state index contributed by atoms with van der Waals surface area (Å²) in [5.74, 6) is 0. The monoisotopic (exact) mass is 284 g/mol. The van der Waals surface area contributed by atoms with Gasteiger partial charge in [-0.25, -0.2) is 0 Å². The molecule has 1 aromatic carbocycles. The van der Waals surface area contributed by atoms with Crippen LogP contribution in [0.1, 0.15) is 31.7 Å². The molecule has 0 heterocycles. The molecule has 0 aliphatic heterocycles. The summed E-state index contributed by atoms with van der Waals surface area (Å²) in [6.07, 6.45) is 3.81. The summed E-state index contributed by atoms with van der Waals surface area (Å²) in [6, 6.07) is 6.38. The first-order chi connectivity index (χ1) is 7.67. The number of halogens is 1. The van der Waals surface area contributed by atoms with E-state index in [1.54, 1.807) is 0 Å². The third kappa shape index (κ3) is 4.14. The molecular weight excluding hydrogens is 264 g/mol. The molecule has 90 valence electrons. The predicted molar refractivity (Wildman–Crippen MR) is 74.8 cm³/mol. The molecule has 1 aromatic rings. The van der Waals surface area contributed by atoms with E-state index in [2.05, 4.69) is 53.0 Å². The van der Waals surface area contributed by atoms with Gasteiger partial charge in [0, 0.05) is 30.3 Å². The highest BCUT2D eigenvalue weighted by molar-refractivity contribution is 9.10. The van der Waals surface area contributed by atoms with Gasteiger partial charge in [0.05, 0.1) is 0 Å². The van der Waals surface area contributed by atoms with E-state index in [1.807, 2.05) is 0 Å². The van der Waals surface area contributed by atoms with Gasteiger partial charge >= 0.3 is 0 Å². The van der Waals surface area contributed by atoms with Crippen molar-refractivity contribution in [1.29, 1.82) is 0 Å². The van der Waals surface area contributed by atoms with E-state index in [4.69, 9.17) is 5.73 Å². The molecule has 0 unspecified atom stereocenters. The van der Waals surface area contributed by atoms with Crippen LogP contribution in [0.5, 0.6) is 0 Å². The topological polar surface area (TPSA) is 29.3 Å². The fraction of sp³-hybridized carbons (Fsp3) is 0.538. The first-order valence-electron chi connectivity index (χ1n) is 5.88. The molecule has 0 saturated carbocycles. The maximum absolute atomic E-state index is 5.67. The van der Waals surface area contributed by atoms with Crippen LogP contribution < -0.4 is 10.6 Å². The van der Waals surface area contributed by atoms with Gasteiger partial charge in [0.2, 0.25) is 0 Å². The van der Waals surface area contributed by atoms with Crippen LogP contribution in [0.3, 0.4) is 0 Å². The summed E-state index contributed by atoms with van der Waals surface area (Å²) in [7, 11) is 2.14. The smallest absolute Gasteiger partial charge is 0.0378 e. The van der Waals surface area contributed by atoms with Gasteiger partial charge < -0.3 is 10.6 Å². The van der Waals surface area contributed by atoms with E-state index in [1.165, 1.54) is 30.5 Å². The Hall–Kier alpha value is -0.540. The number of hydrogen-bond donors (Lipinski definition) is 1. The Bertz CT molecular complexity index is 326. The molecule has 0 fully saturated rings. The molecule has 0 saturated heterocycles. The van der Waals surface area contributed by atoms with E-state index in [0.29, 0.717) is 6.54 Å². The van der Waals surface area contributed by atoms with Gasteiger partial charge in [0.1, 0.15) is 0 Å². The highest BCUT2D eigenvalue weighted by Gasteiger charge is 2.03. The van der Waals surface area contributed by atoms with Gasteiger partial charge in [-0.05, 0) is 30.2 Å². The summed E-state index contributed by atoms with van der Waals surface area (Å²) >= 11 is 3.52. The van der Waals surface area contributed by atoms with Crippen molar-refractivity contribution in [2.75, 3.05) is 18.5 Å². The molecule has 0 aromatic heterocycles. The minimum Gasteiger partial charge on any atom is -0.375 e. The number of unbranched alkanes of at least 4 members (excludes halogenated alkanes) is 2. The van der Waals surface area contributed by atoms with Gasteiger partial charge in [0.25, 0.3) is 0 Å². The van der Waals surface area contributed by atoms with Crippen molar-refractivity contribution in [3.63, 3.8) is 0 Å². The average molecular weight is 285 g/mol. The van der Waals surface area contributed by atoms with Crippen LogP contribution >= 0.6 is 15.9 Å². The zero-order chi connectivity index (χ0) is 12.0. The fourth-order valence-corrected chi connectivity index (χ4v) is 2.23. The van der Waals surface area contributed by atoms with Crippen LogP contribution in [0.25, 0.3) is 0 Å². The second-order valence-electron chi connectivity index (χ2n) is 4.15. The van der Waals surface area contributed by atoms with E-state index in [0.717, 1.165) is 11.0 Å². The Morgan fingerprint density at radius 1 is 1.25 bits per heavy atom. The zero-order valence-corrected chi connectivity index (χ0v) is 11.8. The third-order valence-corrected chi connectivity index (χ3v) is 3.17. The first-order valence-corrected chi connectivity index (χ1v) is 6.67. The molecule has 0 radical (unpaired) electrons. The van der Waals surface area contributed by atoms with Crippen LogP contribution in [0.4, 0.5) is 5.69 Å². The Labute approximate surface area is 107 Å². The Balaban J connectivity index is 2.66. The third-order valence-electron chi connectivity index (χ3n) is 2.72. The fourth-order valence-electron chi connectivity index (χ4n) is 1.70. The molecule has 0 aliphatic carbocycles. The minimum absolute atomic E-state index is 0.592. The molecule has 2 N–H and O–H groups in total. The van der Waals surface area contributed by atoms with Crippen molar-refractivity contribution in [3.05, 3.63) is 28.2 Å². The predicted octanol–water partition coefficient (Wildman–Crippen LogP) is 3.53. The van der Waals surface area contributed by atoms with Gasteiger partial charge in [-0.15, -0.1) is 0 Å². The highest BCUT2D eigenvalue weighted by Crippen LogP contribution is 2.22. The van der Waals surface area contributed by atoms with Crippen LogP contribution in [-0.4, -0.2) is 13.6 Å². The van der Waals surface area contributed by atoms with Crippen molar-refractivity contribution in [2.45, 2.75) is 32.7 Å². The summed E-state index contributed by atoms with van der Waals surface area (Å²) in [5, 5.41) is 0. The van der Waals surface area contributed by atoms with E-state index < -0.39 is 0 Å². The second kappa shape index (κ2) is 6.92. The molecule has 16 heavy (non-hydrogen) atoms. The van der Waals surface area contributed by atoms with Crippen LogP contribution in [-0.2, 0) is 6.54 Å². The lowest BCUT2D eigenvalue weighted by atomic mass is 10.2. The first kappa shape index (κ1) is 13.5. The average Bonchev–Trinajstić information content (AvgIpc) is 2.28. The molecule has 0 amide bonds. The van der Waals surface area contributed by atoms with Gasteiger partial charge in [-0.2, -0.15) is 0 Å². The molecular formula is C13H21BrN2. The molecule has 0 bridgehead atoms. The molecule has 0 aliphatic rings. The number of anilines is 1. The number of nitrogens with zero attached hydrogens (tertiary/aromatic N) is 1. The molecule has 0 spiro atoms. The van der Waals surface area contributed by atoms with Crippen molar-refractivity contribution in [1.82, 2.24) is 0 Å². The molecule has 0 atom stereocenters.